The van der Waals surface area contributed by atoms with Crippen LogP contribution < -0.4 is 10.1 Å². The van der Waals surface area contributed by atoms with Gasteiger partial charge in [0.15, 0.2) is 0 Å². The number of para-hydroxylation sites is 1. The van der Waals surface area contributed by atoms with Crippen LogP contribution in [0.1, 0.15) is 18.0 Å². The third-order valence-corrected chi connectivity index (χ3v) is 2.84. The number of ether oxygens (including phenoxy) is 1. The van der Waals surface area contributed by atoms with Crippen LogP contribution in [0.15, 0.2) is 42.9 Å². The molecule has 4 nitrogen and oxygen atoms in total. The van der Waals surface area contributed by atoms with Crippen molar-refractivity contribution in [3.8, 4) is 5.75 Å². The van der Waals surface area contributed by atoms with Gasteiger partial charge in [-0.15, -0.1) is 0 Å². The fraction of sp³-hybridized carbons (Fsp3) is 0.231. The molecular weight excluding hydrogens is 214 g/mol. The number of rotatable bonds is 2. The molecule has 0 unspecified atom stereocenters. The first-order chi connectivity index (χ1) is 8.43. The van der Waals surface area contributed by atoms with Gasteiger partial charge in [0.05, 0.1) is 18.8 Å². The van der Waals surface area contributed by atoms with Crippen molar-refractivity contribution in [3.63, 3.8) is 0 Å². The standard InChI is InChI=1S/C13H13N3O/c1-2-4-12-10(3-1)11(5-8-17-12)16-13-9-14-6-7-15-13/h1-4,6-7,9,11H,5,8H2,(H,15,16)/t11-/m0/s1. The van der Waals surface area contributed by atoms with Gasteiger partial charge in [-0.2, -0.15) is 0 Å². The molecule has 0 saturated heterocycles. The highest BCUT2D eigenvalue weighted by Gasteiger charge is 2.20. The summed E-state index contributed by atoms with van der Waals surface area (Å²) in [7, 11) is 0. The second-order valence-corrected chi connectivity index (χ2v) is 3.96. The molecule has 1 aromatic heterocycles. The van der Waals surface area contributed by atoms with Gasteiger partial charge in [-0.3, -0.25) is 4.98 Å². The van der Waals surface area contributed by atoms with Crippen LogP contribution in [0.5, 0.6) is 5.75 Å². The van der Waals surface area contributed by atoms with Crippen LogP contribution in [0.4, 0.5) is 5.82 Å². The predicted octanol–water partition coefficient (Wildman–Crippen LogP) is 2.41. The summed E-state index contributed by atoms with van der Waals surface area (Å²) in [5.74, 6) is 1.76. The molecule has 86 valence electrons. The Kier molecular flexibility index (Phi) is 2.62. The largest absolute Gasteiger partial charge is 0.493 e. The van der Waals surface area contributed by atoms with Gasteiger partial charge in [-0.1, -0.05) is 18.2 Å². The summed E-state index contributed by atoms with van der Waals surface area (Å²) < 4.78 is 5.62. The maximum absolute atomic E-state index is 5.62. The maximum atomic E-state index is 5.62. The molecule has 0 saturated carbocycles. The first kappa shape index (κ1) is 10.1. The number of nitrogens with zero attached hydrogens (tertiary/aromatic N) is 2. The Balaban J connectivity index is 1.86. The Labute approximate surface area is 99.7 Å². The predicted molar refractivity (Wildman–Crippen MR) is 64.9 cm³/mol. The first-order valence-corrected chi connectivity index (χ1v) is 5.68. The lowest BCUT2D eigenvalue weighted by Crippen LogP contribution is -2.20. The molecule has 1 N–H and O–H groups in total. The number of hydrogen-bond acceptors (Lipinski definition) is 4. The monoisotopic (exact) mass is 227 g/mol. The molecule has 1 aromatic carbocycles. The number of aromatic nitrogens is 2. The minimum Gasteiger partial charge on any atom is -0.493 e. The van der Waals surface area contributed by atoms with Crippen molar-refractivity contribution in [2.45, 2.75) is 12.5 Å². The van der Waals surface area contributed by atoms with E-state index in [-0.39, 0.29) is 6.04 Å². The zero-order chi connectivity index (χ0) is 11.5. The van der Waals surface area contributed by atoms with E-state index in [1.54, 1.807) is 18.6 Å². The van der Waals surface area contributed by atoms with E-state index in [2.05, 4.69) is 21.4 Å². The molecule has 3 rings (SSSR count). The fourth-order valence-electron chi connectivity index (χ4n) is 2.04. The smallest absolute Gasteiger partial charge is 0.144 e. The molecule has 1 atom stereocenters. The first-order valence-electron chi connectivity index (χ1n) is 5.68. The van der Waals surface area contributed by atoms with Crippen LogP contribution in [0.2, 0.25) is 0 Å². The van der Waals surface area contributed by atoms with Crippen molar-refractivity contribution in [2.24, 2.45) is 0 Å². The fourth-order valence-corrected chi connectivity index (χ4v) is 2.04. The Morgan fingerprint density at radius 2 is 2.18 bits per heavy atom. The van der Waals surface area contributed by atoms with Crippen molar-refractivity contribution in [1.29, 1.82) is 0 Å². The van der Waals surface area contributed by atoms with E-state index in [9.17, 15) is 0 Å². The second kappa shape index (κ2) is 4.41. The van der Waals surface area contributed by atoms with E-state index in [0.29, 0.717) is 0 Å². The Bertz CT molecular complexity index is 501. The summed E-state index contributed by atoms with van der Waals surface area (Å²) in [5, 5.41) is 3.38. The van der Waals surface area contributed by atoms with Gasteiger partial charge in [0.2, 0.25) is 0 Å². The lowest BCUT2D eigenvalue weighted by atomic mass is 10.0. The number of hydrogen-bond donors (Lipinski definition) is 1. The lowest BCUT2D eigenvalue weighted by molar-refractivity contribution is 0.274. The topological polar surface area (TPSA) is 47.0 Å². The van der Waals surface area contributed by atoms with E-state index in [1.165, 1.54) is 5.56 Å². The molecule has 1 aliphatic heterocycles. The maximum Gasteiger partial charge on any atom is 0.144 e. The quantitative estimate of drug-likeness (QED) is 0.855. The average molecular weight is 227 g/mol. The van der Waals surface area contributed by atoms with Crippen LogP contribution in [-0.2, 0) is 0 Å². The van der Waals surface area contributed by atoms with E-state index in [4.69, 9.17) is 4.74 Å². The molecule has 0 fully saturated rings. The van der Waals surface area contributed by atoms with Crippen molar-refractivity contribution < 1.29 is 4.74 Å². The van der Waals surface area contributed by atoms with Crippen LogP contribution >= 0.6 is 0 Å². The van der Waals surface area contributed by atoms with E-state index >= 15 is 0 Å². The van der Waals surface area contributed by atoms with Gasteiger partial charge in [0.1, 0.15) is 11.6 Å². The van der Waals surface area contributed by atoms with Crippen molar-refractivity contribution >= 4 is 5.82 Å². The molecular formula is C13H13N3O. The second-order valence-electron chi connectivity index (χ2n) is 3.96. The van der Waals surface area contributed by atoms with Crippen LogP contribution in [0.3, 0.4) is 0 Å². The molecule has 4 heteroatoms. The Hall–Kier alpha value is -2.10. The molecule has 0 spiro atoms. The normalized spacial score (nSPS) is 18.0. The summed E-state index contributed by atoms with van der Waals surface area (Å²) in [6.45, 7) is 0.731. The summed E-state index contributed by atoms with van der Waals surface area (Å²) in [4.78, 5) is 8.28. The summed E-state index contributed by atoms with van der Waals surface area (Å²) in [6.07, 6.45) is 6.03. The molecule has 1 aliphatic rings. The summed E-state index contributed by atoms with van der Waals surface area (Å²) in [6, 6.07) is 8.35. The van der Waals surface area contributed by atoms with Gasteiger partial charge >= 0.3 is 0 Å². The molecule has 0 bridgehead atoms. The minimum absolute atomic E-state index is 0.247. The third kappa shape index (κ3) is 2.06. The summed E-state index contributed by atoms with van der Waals surface area (Å²) in [5.41, 5.74) is 1.18. The van der Waals surface area contributed by atoms with Crippen LogP contribution in [0.25, 0.3) is 0 Å². The number of anilines is 1. The number of benzene rings is 1. The lowest BCUT2D eigenvalue weighted by Gasteiger charge is -2.26. The highest BCUT2D eigenvalue weighted by Crippen LogP contribution is 2.33. The number of nitrogens with one attached hydrogen (secondary N) is 1. The summed E-state index contributed by atoms with van der Waals surface area (Å²) >= 11 is 0. The van der Waals surface area contributed by atoms with Crippen molar-refractivity contribution in [2.75, 3.05) is 11.9 Å². The number of fused-ring (bicyclic) bond motifs is 1. The Morgan fingerprint density at radius 3 is 3.06 bits per heavy atom. The zero-order valence-corrected chi connectivity index (χ0v) is 9.34. The van der Waals surface area contributed by atoms with Gasteiger partial charge in [0.25, 0.3) is 0 Å². The highest BCUT2D eigenvalue weighted by atomic mass is 16.5. The van der Waals surface area contributed by atoms with Crippen molar-refractivity contribution in [3.05, 3.63) is 48.4 Å². The molecule has 2 aromatic rings. The molecule has 0 aliphatic carbocycles. The van der Waals surface area contributed by atoms with Crippen LogP contribution in [-0.4, -0.2) is 16.6 Å². The average Bonchev–Trinajstić information content (AvgIpc) is 2.40. The van der Waals surface area contributed by atoms with E-state index < -0.39 is 0 Å². The van der Waals surface area contributed by atoms with Gasteiger partial charge in [-0.25, -0.2) is 4.98 Å². The van der Waals surface area contributed by atoms with Gasteiger partial charge in [0, 0.05) is 24.4 Å². The molecule has 2 heterocycles. The third-order valence-electron chi connectivity index (χ3n) is 2.84. The van der Waals surface area contributed by atoms with Crippen LogP contribution in [0, 0.1) is 0 Å². The minimum atomic E-state index is 0.247. The van der Waals surface area contributed by atoms with Gasteiger partial charge < -0.3 is 10.1 Å². The highest BCUT2D eigenvalue weighted by molar-refractivity contribution is 5.43. The zero-order valence-electron chi connectivity index (χ0n) is 9.34. The Morgan fingerprint density at radius 1 is 1.24 bits per heavy atom. The molecule has 17 heavy (non-hydrogen) atoms. The van der Waals surface area contributed by atoms with E-state index in [1.807, 2.05) is 18.2 Å². The molecule has 0 amide bonds. The molecule has 0 radical (unpaired) electrons. The van der Waals surface area contributed by atoms with Gasteiger partial charge in [-0.05, 0) is 6.07 Å². The van der Waals surface area contributed by atoms with Crippen molar-refractivity contribution in [1.82, 2.24) is 9.97 Å². The van der Waals surface area contributed by atoms with E-state index in [0.717, 1.165) is 24.6 Å². The SMILES string of the molecule is c1ccc2c(c1)OCC[C@@H]2Nc1cnccn1.